The van der Waals surface area contributed by atoms with E-state index in [0.29, 0.717) is 10.9 Å². The molecule has 1 heterocycles. The number of phenolic OH excluding ortho intramolecular Hbond substituents is 1. The predicted molar refractivity (Wildman–Crippen MR) is 95.7 cm³/mol. The Labute approximate surface area is 152 Å². The summed E-state index contributed by atoms with van der Waals surface area (Å²) in [5.41, 5.74) is 6.07. The van der Waals surface area contributed by atoms with E-state index in [1.807, 2.05) is 0 Å². The average molecular weight is 376 g/mol. The highest BCUT2D eigenvalue weighted by Gasteiger charge is 2.17. The SMILES string of the molecule is COc1cc(N)c(Cl)cc1C(=O)OCc1cc(=O)oc2cc(O)ccc12. The van der Waals surface area contributed by atoms with Crippen molar-refractivity contribution in [3.63, 3.8) is 0 Å². The Morgan fingerprint density at radius 1 is 1.27 bits per heavy atom. The van der Waals surface area contributed by atoms with E-state index in [1.54, 1.807) is 6.07 Å². The molecule has 0 unspecified atom stereocenters. The molecule has 3 N–H and O–H groups in total. The highest BCUT2D eigenvalue weighted by Crippen LogP contribution is 2.30. The van der Waals surface area contributed by atoms with E-state index >= 15 is 0 Å². The number of ether oxygens (including phenoxy) is 2. The number of hydrogen-bond acceptors (Lipinski definition) is 7. The van der Waals surface area contributed by atoms with Gasteiger partial charge in [-0.15, -0.1) is 0 Å². The lowest BCUT2D eigenvalue weighted by Gasteiger charge is -2.11. The molecule has 134 valence electrons. The maximum Gasteiger partial charge on any atom is 0.342 e. The van der Waals surface area contributed by atoms with Gasteiger partial charge in [-0.05, 0) is 18.2 Å². The van der Waals surface area contributed by atoms with Crippen molar-refractivity contribution in [3.8, 4) is 11.5 Å². The molecular weight excluding hydrogens is 362 g/mol. The summed E-state index contributed by atoms with van der Waals surface area (Å²) >= 11 is 5.95. The summed E-state index contributed by atoms with van der Waals surface area (Å²) in [5.74, 6) is -0.515. The fraction of sp³-hybridized carbons (Fsp3) is 0.111. The van der Waals surface area contributed by atoms with E-state index in [2.05, 4.69) is 0 Å². The van der Waals surface area contributed by atoms with Gasteiger partial charge in [-0.25, -0.2) is 9.59 Å². The zero-order chi connectivity index (χ0) is 18.8. The predicted octanol–water partition coefficient (Wildman–Crippen LogP) is 3.10. The fourth-order valence-electron chi connectivity index (χ4n) is 2.46. The van der Waals surface area contributed by atoms with Crippen LogP contribution in [0, 0.1) is 0 Å². The van der Waals surface area contributed by atoms with Crippen molar-refractivity contribution in [2.75, 3.05) is 12.8 Å². The fourth-order valence-corrected chi connectivity index (χ4v) is 2.62. The van der Waals surface area contributed by atoms with E-state index in [0.717, 1.165) is 0 Å². The van der Waals surface area contributed by atoms with Crippen LogP contribution in [-0.2, 0) is 11.3 Å². The third-order valence-corrected chi connectivity index (χ3v) is 4.04. The molecule has 2 aromatic carbocycles. The standard InChI is InChI=1S/C18H14ClNO6/c1-24-15-7-14(20)13(19)6-12(15)18(23)25-8-9-4-17(22)26-16-5-10(21)2-3-11(9)16/h2-7,21H,8,20H2,1H3. The molecule has 1 aromatic heterocycles. The number of nitrogens with two attached hydrogens (primary N) is 1. The lowest BCUT2D eigenvalue weighted by Crippen LogP contribution is -2.09. The van der Waals surface area contributed by atoms with Crippen molar-refractivity contribution in [2.24, 2.45) is 0 Å². The Kier molecular flexibility index (Phi) is 4.73. The molecule has 7 nitrogen and oxygen atoms in total. The number of methoxy groups -OCH3 is 1. The molecule has 26 heavy (non-hydrogen) atoms. The van der Waals surface area contributed by atoms with Gasteiger partial charge in [-0.2, -0.15) is 0 Å². The van der Waals surface area contributed by atoms with Crippen LogP contribution in [0.3, 0.4) is 0 Å². The number of carbonyl (C=O) groups excluding carboxylic acids is 1. The topological polar surface area (TPSA) is 112 Å². The number of aromatic hydroxyl groups is 1. The zero-order valence-corrected chi connectivity index (χ0v) is 14.4. The quantitative estimate of drug-likeness (QED) is 0.409. The molecule has 0 aliphatic carbocycles. The van der Waals surface area contributed by atoms with E-state index in [4.69, 9.17) is 31.2 Å². The van der Waals surface area contributed by atoms with Crippen molar-refractivity contribution in [1.82, 2.24) is 0 Å². The van der Waals surface area contributed by atoms with Crippen LogP contribution in [0.4, 0.5) is 5.69 Å². The monoisotopic (exact) mass is 375 g/mol. The smallest absolute Gasteiger partial charge is 0.342 e. The minimum atomic E-state index is -0.691. The Hall–Kier alpha value is -3.19. The average Bonchev–Trinajstić information content (AvgIpc) is 2.60. The van der Waals surface area contributed by atoms with Crippen LogP contribution in [0.25, 0.3) is 11.0 Å². The minimum Gasteiger partial charge on any atom is -0.508 e. The highest BCUT2D eigenvalue weighted by molar-refractivity contribution is 6.33. The molecule has 0 fully saturated rings. The normalized spacial score (nSPS) is 10.7. The van der Waals surface area contributed by atoms with Gasteiger partial charge in [0.25, 0.3) is 0 Å². The van der Waals surface area contributed by atoms with Gasteiger partial charge < -0.3 is 24.7 Å². The number of halogens is 1. The maximum atomic E-state index is 12.4. The number of esters is 1. The molecular formula is C18H14ClNO6. The maximum absolute atomic E-state index is 12.4. The third kappa shape index (κ3) is 3.43. The molecule has 0 amide bonds. The molecule has 0 atom stereocenters. The first-order chi connectivity index (χ1) is 12.4. The van der Waals surface area contributed by atoms with Gasteiger partial charge in [0.15, 0.2) is 0 Å². The van der Waals surface area contributed by atoms with Crippen molar-refractivity contribution in [2.45, 2.75) is 6.61 Å². The summed E-state index contributed by atoms with van der Waals surface area (Å²) in [4.78, 5) is 24.1. The van der Waals surface area contributed by atoms with Crippen LogP contribution in [0.5, 0.6) is 11.5 Å². The number of phenols is 1. The molecule has 0 saturated heterocycles. The summed E-state index contributed by atoms with van der Waals surface area (Å²) in [6.07, 6.45) is 0. The van der Waals surface area contributed by atoms with Crippen LogP contribution in [0.2, 0.25) is 5.02 Å². The summed E-state index contributed by atoms with van der Waals surface area (Å²) in [5, 5.41) is 10.2. The summed E-state index contributed by atoms with van der Waals surface area (Å²) in [6.45, 7) is -0.184. The molecule has 0 radical (unpaired) electrons. The highest BCUT2D eigenvalue weighted by atomic mass is 35.5. The molecule has 0 saturated carbocycles. The van der Waals surface area contributed by atoms with Gasteiger partial charge >= 0.3 is 11.6 Å². The third-order valence-electron chi connectivity index (χ3n) is 3.71. The number of hydrogen-bond donors (Lipinski definition) is 2. The second-order valence-corrected chi connectivity index (χ2v) is 5.83. The van der Waals surface area contributed by atoms with Crippen molar-refractivity contribution in [3.05, 3.63) is 63.0 Å². The van der Waals surface area contributed by atoms with Crippen LogP contribution >= 0.6 is 11.6 Å². The number of fused-ring (bicyclic) bond motifs is 1. The Balaban J connectivity index is 1.90. The summed E-state index contributed by atoms with van der Waals surface area (Å²) < 4.78 is 15.4. The van der Waals surface area contributed by atoms with Gasteiger partial charge in [-0.3, -0.25) is 0 Å². The van der Waals surface area contributed by atoms with Gasteiger partial charge in [-0.1, -0.05) is 11.6 Å². The molecule has 8 heteroatoms. The zero-order valence-electron chi connectivity index (χ0n) is 13.6. The van der Waals surface area contributed by atoms with Gasteiger partial charge in [0, 0.05) is 29.1 Å². The van der Waals surface area contributed by atoms with E-state index in [-0.39, 0.29) is 40.0 Å². The van der Waals surface area contributed by atoms with Gasteiger partial charge in [0.1, 0.15) is 29.3 Å². The number of anilines is 1. The molecule has 0 aliphatic heterocycles. The lowest BCUT2D eigenvalue weighted by molar-refractivity contribution is 0.0470. The Bertz CT molecular complexity index is 1060. The van der Waals surface area contributed by atoms with E-state index in [1.165, 1.54) is 37.4 Å². The van der Waals surface area contributed by atoms with E-state index in [9.17, 15) is 14.7 Å². The molecule has 3 aromatic rings. The van der Waals surface area contributed by atoms with Gasteiger partial charge in [0.2, 0.25) is 0 Å². The first kappa shape index (κ1) is 17.6. The summed E-state index contributed by atoms with van der Waals surface area (Å²) in [7, 11) is 1.39. The number of rotatable bonds is 4. The lowest BCUT2D eigenvalue weighted by atomic mass is 10.1. The molecule has 0 aliphatic rings. The first-order valence-electron chi connectivity index (χ1n) is 7.45. The first-order valence-corrected chi connectivity index (χ1v) is 7.82. The number of nitrogen functional groups attached to an aromatic ring is 1. The van der Waals surface area contributed by atoms with Gasteiger partial charge in [0.05, 0.1) is 17.8 Å². The summed E-state index contributed by atoms with van der Waals surface area (Å²) in [6, 6.07) is 8.32. The number of carbonyl (C=O) groups is 1. The Morgan fingerprint density at radius 3 is 2.77 bits per heavy atom. The van der Waals surface area contributed by atoms with Crippen LogP contribution in [0.15, 0.2) is 45.6 Å². The van der Waals surface area contributed by atoms with Crippen LogP contribution in [0.1, 0.15) is 15.9 Å². The van der Waals surface area contributed by atoms with Crippen molar-refractivity contribution < 1.29 is 23.8 Å². The van der Waals surface area contributed by atoms with E-state index < -0.39 is 11.6 Å². The minimum absolute atomic E-state index is 0.0453. The molecule has 0 spiro atoms. The van der Waals surface area contributed by atoms with Crippen molar-refractivity contribution in [1.29, 1.82) is 0 Å². The number of benzene rings is 2. The molecule has 0 bridgehead atoms. The van der Waals surface area contributed by atoms with Crippen molar-refractivity contribution >= 4 is 34.2 Å². The van der Waals surface area contributed by atoms with Crippen LogP contribution < -0.4 is 16.1 Å². The largest absolute Gasteiger partial charge is 0.508 e. The second kappa shape index (κ2) is 6.97. The molecule has 3 rings (SSSR count). The second-order valence-electron chi connectivity index (χ2n) is 5.42. The Morgan fingerprint density at radius 2 is 2.04 bits per heavy atom. The van der Waals surface area contributed by atoms with Crippen LogP contribution in [-0.4, -0.2) is 18.2 Å².